The standard InChI is InChI=1S/C9H6BrFN2S/c1-5-4-6(11)2-3-7(5)8-12-9(10)14-13-8/h2-4H,1H3. The highest BCUT2D eigenvalue weighted by molar-refractivity contribution is 9.11. The Morgan fingerprint density at radius 2 is 2.21 bits per heavy atom. The van der Waals surface area contributed by atoms with Crippen molar-refractivity contribution in [3.8, 4) is 11.4 Å². The van der Waals surface area contributed by atoms with Gasteiger partial charge >= 0.3 is 0 Å². The molecular formula is C9H6BrFN2S. The molecule has 0 N–H and O–H groups in total. The van der Waals surface area contributed by atoms with E-state index in [2.05, 4.69) is 25.3 Å². The number of aromatic nitrogens is 2. The molecule has 0 aliphatic heterocycles. The quantitative estimate of drug-likeness (QED) is 0.795. The first kappa shape index (κ1) is 9.73. The zero-order chi connectivity index (χ0) is 10.1. The minimum atomic E-state index is -0.236. The van der Waals surface area contributed by atoms with Crippen LogP contribution in [-0.2, 0) is 0 Å². The number of nitrogens with zero attached hydrogens (tertiary/aromatic N) is 2. The SMILES string of the molecule is Cc1cc(F)ccc1-c1nsc(Br)n1. The lowest BCUT2D eigenvalue weighted by Gasteiger charge is -2.00. The summed E-state index contributed by atoms with van der Waals surface area (Å²) in [6.45, 7) is 1.84. The van der Waals surface area contributed by atoms with Crippen molar-refractivity contribution in [3.05, 3.63) is 33.5 Å². The Morgan fingerprint density at radius 1 is 1.43 bits per heavy atom. The van der Waals surface area contributed by atoms with Crippen molar-refractivity contribution in [2.45, 2.75) is 6.92 Å². The molecule has 72 valence electrons. The second-order valence-corrected chi connectivity index (χ2v) is 4.86. The predicted octanol–water partition coefficient (Wildman–Crippen LogP) is 3.42. The number of halogens is 2. The summed E-state index contributed by atoms with van der Waals surface area (Å²) in [4.78, 5) is 4.17. The summed E-state index contributed by atoms with van der Waals surface area (Å²) in [6.07, 6.45) is 0. The van der Waals surface area contributed by atoms with Crippen LogP contribution in [0.1, 0.15) is 5.56 Å². The third kappa shape index (κ3) is 1.83. The molecule has 1 aromatic carbocycles. The van der Waals surface area contributed by atoms with Crippen LogP contribution in [0.2, 0.25) is 0 Å². The zero-order valence-corrected chi connectivity index (χ0v) is 9.69. The van der Waals surface area contributed by atoms with Crippen LogP contribution in [0, 0.1) is 12.7 Å². The lowest BCUT2D eigenvalue weighted by Crippen LogP contribution is -1.86. The summed E-state index contributed by atoms with van der Waals surface area (Å²) in [5.74, 6) is 0.403. The van der Waals surface area contributed by atoms with E-state index in [0.29, 0.717) is 5.82 Å². The van der Waals surface area contributed by atoms with E-state index < -0.39 is 0 Å². The van der Waals surface area contributed by atoms with Crippen LogP contribution in [0.3, 0.4) is 0 Å². The number of hydrogen-bond donors (Lipinski definition) is 0. The van der Waals surface area contributed by atoms with E-state index in [9.17, 15) is 4.39 Å². The van der Waals surface area contributed by atoms with Gasteiger partial charge in [-0.15, -0.1) is 0 Å². The van der Waals surface area contributed by atoms with Gasteiger partial charge in [0.25, 0.3) is 0 Å². The van der Waals surface area contributed by atoms with E-state index in [4.69, 9.17) is 0 Å². The average Bonchev–Trinajstić information content (AvgIpc) is 2.51. The molecule has 2 nitrogen and oxygen atoms in total. The van der Waals surface area contributed by atoms with Crippen LogP contribution in [0.25, 0.3) is 11.4 Å². The molecule has 1 aromatic heterocycles. The van der Waals surface area contributed by atoms with Crippen molar-refractivity contribution in [3.63, 3.8) is 0 Å². The summed E-state index contributed by atoms with van der Waals surface area (Å²) < 4.78 is 17.7. The molecule has 0 saturated carbocycles. The Bertz CT molecular complexity index is 470. The van der Waals surface area contributed by atoms with Crippen molar-refractivity contribution in [2.75, 3.05) is 0 Å². The van der Waals surface area contributed by atoms with Gasteiger partial charge in [0.15, 0.2) is 9.74 Å². The van der Waals surface area contributed by atoms with E-state index in [1.54, 1.807) is 6.07 Å². The monoisotopic (exact) mass is 272 g/mol. The molecule has 0 fully saturated rings. The van der Waals surface area contributed by atoms with Gasteiger partial charge in [-0.3, -0.25) is 0 Å². The summed E-state index contributed by atoms with van der Waals surface area (Å²) in [5.41, 5.74) is 1.71. The van der Waals surface area contributed by atoms with Gasteiger partial charge in [0, 0.05) is 5.56 Å². The van der Waals surface area contributed by atoms with Crippen LogP contribution in [-0.4, -0.2) is 9.36 Å². The lowest BCUT2D eigenvalue weighted by molar-refractivity contribution is 0.627. The Kier molecular flexibility index (Phi) is 2.60. The van der Waals surface area contributed by atoms with E-state index in [-0.39, 0.29) is 5.82 Å². The van der Waals surface area contributed by atoms with Gasteiger partial charge in [0.1, 0.15) is 5.82 Å². The Hall–Kier alpha value is -0.810. The fourth-order valence-corrected chi connectivity index (χ4v) is 2.01. The number of benzene rings is 1. The largest absolute Gasteiger partial charge is 0.208 e. The Morgan fingerprint density at radius 3 is 2.79 bits per heavy atom. The molecule has 0 amide bonds. The van der Waals surface area contributed by atoms with Crippen LogP contribution < -0.4 is 0 Å². The number of aryl methyl sites for hydroxylation is 1. The second-order valence-electron chi connectivity index (χ2n) is 2.83. The highest BCUT2D eigenvalue weighted by Gasteiger charge is 2.07. The van der Waals surface area contributed by atoms with Gasteiger partial charge in [0.05, 0.1) is 0 Å². The van der Waals surface area contributed by atoms with Crippen molar-refractivity contribution in [1.82, 2.24) is 9.36 Å². The fourth-order valence-electron chi connectivity index (χ4n) is 1.19. The molecule has 0 saturated heterocycles. The van der Waals surface area contributed by atoms with E-state index >= 15 is 0 Å². The van der Waals surface area contributed by atoms with Gasteiger partial charge in [0.2, 0.25) is 0 Å². The number of hydrogen-bond acceptors (Lipinski definition) is 3. The van der Waals surface area contributed by atoms with Crippen molar-refractivity contribution in [1.29, 1.82) is 0 Å². The second kappa shape index (κ2) is 3.74. The van der Waals surface area contributed by atoms with Gasteiger partial charge < -0.3 is 0 Å². The van der Waals surface area contributed by atoms with Gasteiger partial charge in [-0.05, 0) is 58.1 Å². The van der Waals surface area contributed by atoms with Gasteiger partial charge in [-0.25, -0.2) is 9.37 Å². The Labute approximate surface area is 93.1 Å². The highest BCUT2D eigenvalue weighted by atomic mass is 79.9. The minimum absolute atomic E-state index is 0.236. The van der Waals surface area contributed by atoms with Crippen LogP contribution in [0.4, 0.5) is 4.39 Å². The first-order valence-electron chi connectivity index (χ1n) is 3.92. The molecule has 0 bridgehead atoms. The highest BCUT2D eigenvalue weighted by Crippen LogP contribution is 2.24. The maximum atomic E-state index is 12.8. The van der Waals surface area contributed by atoms with Crippen LogP contribution in [0.15, 0.2) is 22.1 Å². The van der Waals surface area contributed by atoms with Crippen molar-refractivity contribution in [2.24, 2.45) is 0 Å². The fraction of sp³-hybridized carbons (Fsp3) is 0.111. The first-order valence-corrected chi connectivity index (χ1v) is 5.49. The lowest BCUT2D eigenvalue weighted by atomic mass is 10.1. The third-order valence-electron chi connectivity index (χ3n) is 1.83. The molecule has 1 heterocycles. The molecule has 2 rings (SSSR count). The minimum Gasteiger partial charge on any atom is -0.208 e. The smallest absolute Gasteiger partial charge is 0.179 e. The molecule has 0 radical (unpaired) electrons. The average molecular weight is 273 g/mol. The van der Waals surface area contributed by atoms with Crippen molar-refractivity contribution >= 4 is 27.5 Å². The van der Waals surface area contributed by atoms with Crippen molar-refractivity contribution < 1.29 is 4.39 Å². The van der Waals surface area contributed by atoms with Gasteiger partial charge in [-0.1, -0.05) is 0 Å². The summed E-state index contributed by atoms with van der Waals surface area (Å²) in [6, 6.07) is 4.58. The van der Waals surface area contributed by atoms with E-state index in [1.807, 2.05) is 6.92 Å². The maximum absolute atomic E-state index is 12.8. The summed E-state index contributed by atoms with van der Waals surface area (Å²) in [7, 11) is 0. The maximum Gasteiger partial charge on any atom is 0.179 e. The van der Waals surface area contributed by atoms with Gasteiger partial charge in [-0.2, -0.15) is 4.37 Å². The molecule has 0 aliphatic carbocycles. The number of rotatable bonds is 1. The van der Waals surface area contributed by atoms with E-state index in [1.165, 1.54) is 23.7 Å². The molecule has 0 spiro atoms. The molecular weight excluding hydrogens is 267 g/mol. The van der Waals surface area contributed by atoms with E-state index in [0.717, 1.165) is 15.0 Å². The molecule has 5 heteroatoms. The zero-order valence-electron chi connectivity index (χ0n) is 7.29. The summed E-state index contributed by atoms with van der Waals surface area (Å²) in [5, 5.41) is 0. The molecule has 0 unspecified atom stereocenters. The van der Waals surface area contributed by atoms with Crippen LogP contribution >= 0.6 is 27.5 Å². The normalized spacial score (nSPS) is 10.5. The van der Waals surface area contributed by atoms with Crippen LogP contribution in [0.5, 0.6) is 0 Å². The molecule has 0 aliphatic rings. The third-order valence-corrected chi connectivity index (χ3v) is 2.95. The first-order chi connectivity index (χ1) is 6.66. The topological polar surface area (TPSA) is 25.8 Å². The predicted molar refractivity (Wildman–Crippen MR) is 57.7 cm³/mol. The molecule has 0 atom stereocenters. The molecule has 2 aromatic rings. The Balaban J connectivity index is 2.52. The summed E-state index contributed by atoms with van der Waals surface area (Å²) >= 11 is 4.51. The molecule has 14 heavy (non-hydrogen) atoms.